The van der Waals surface area contributed by atoms with Crippen LogP contribution in [0.5, 0.6) is 0 Å². The highest BCUT2D eigenvalue weighted by Gasteiger charge is 2.10. The van der Waals surface area contributed by atoms with Crippen LogP contribution in [0.2, 0.25) is 5.02 Å². The van der Waals surface area contributed by atoms with Gasteiger partial charge in [-0.05, 0) is 18.6 Å². The molecular weight excluding hydrogens is 222 g/mol. The molecule has 0 aliphatic rings. The van der Waals surface area contributed by atoms with Crippen LogP contribution in [0.1, 0.15) is 55.9 Å². The van der Waals surface area contributed by atoms with E-state index in [2.05, 4.69) is 11.9 Å². The van der Waals surface area contributed by atoms with Gasteiger partial charge in [0.05, 0.1) is 5.02 Å². The second-order valence-corrected chi connectivity index (χ2v) is 4.33. The largest absolute Gasteiger partial charge is 0.292 e. The number of hydrogen-bond acceptors (Lipinski definition) is 2. The highest BCUT2D eigenvalue weighted by atomic mass is 35.5. The Balaban J connectivity index is 2.33. The normalized spacial score (nSPS) is 10.4. The topological polar surface area (TPSA) is 30.0 Å². The van der Waals surface area contributed by atoms with Gasteiger partial charge in [-0.15, -0.1) is 0 Å². The van der Waals surface area contributed by atoms with Crippen LogP contribution in [-0.2, 0) is 0 Å². The minimum Gasteiger partial charge on any atom is -0.292 e. The van der Waals surface area contributed by atoms with E-state index in [4.69, 9.17) is 11.6 Å². The van der Waals surface area contributed by atoms with E-state index in [0.717, 1.165) is 12.8 Å². The van der Waals surface area contributed by atoms with Crippen molar-refractivity contribution in [3.8, 4) is 0 Å². The molecule has 0 N–H and O–H groups in total. The minimum atomic E-state index is 0.0575. The first kappa shape index (κ1) is 13.2. The predicted octanol–water partition coefficient (Wildman–Crippen LogP) is 4.28. The lowest BCUT2D eigenvalue weighted by atomic mass is 10.1. The maximum absolute atomic E-state index is 11.8. The molecular formula is C13H18ClNO. The summed E-state index contributed by atoms with van der Waals surface area (Å²) in [5.74, 6) is 0.0575. The highest BCUT2D eigenvalue weighted by molar-refractivity contribution is 6.33. The van der Waals surface area contributed by atoms with Gasteiger partial charge in [0.15, 0.2) is 5.78 Å². The number of unbranched alkanes of at least 4 members (excludes halogenated alkanes) is 4. The summed E-state index contributed by atoms with van der Waals surface area (Å²) in [5, 5.41) is 0.459. The van der Waals surface area contributed by atoms with Crippen molar-refractivity contribution in [1.29, 1.82) is 0 Å². The smallest absolute Gasteiger partial charge is 0.182 e. The molecule has 0 aliphatic carbocycles. The van der Waals surface area contributed by atoms with Crippen molar-refractivity contribution >= 4 is 17.4 Å². The summed E-state index contributed by atoms with van der Waals surface area (Å²) in [6.07, 6.45) is 7.89. The van der Waals surface area contributed by atoms with Gasteiger partial charge >= 0.3 is 0 Å². The van der Waals surface area contributed by atoms with Crippen molar-refractivity contribution in [2.45, 2.75) is 45.4 Å². The van der Waals surface area contributed by atoms with E-state index in [0.29, 0.717) is 17.1 Å². The Morgan fingerprint density at radius 1 is 1.31 bits per heavy atom. The number of aromatic nitrogens is 1. The maximum Gasteiger partial charge on any atom is 0.182 e. The molecule has 1 rings (SSSR count). The molecule has 0 aromatic carbocycles. The molecule has 0 bridgehead atoms. The fourth-order valence-electron chi connectivity index (χ4n) is 1.60. The van der Waals surface area contributed by atoms with E-state index in [1.165, 1.54) is 19.3 Å². The maximum atomic E-state index is 11.8. The van der Waals surface area contributed by atoms with Gasteiger partial charge in [0, 0.05) is 12.6 Å². The Bertz CT molecular complexity index is 338. The Morgan fingerprint density at radius 2 is 2.06 bits per heavy atom. The summed E-state index contributed by atoms with van der Waals surface area (Å²) in [6.45, 7) is 2.18. The predicted molar refractivity (Wildman–Crippen MR) is 67.0 cm³/mol. The van der Waals surface area contributed by atoms with E-state index in [9.17, 15) is 4.79 Å². The molecule has 1 aromatic rings. The number of carbonyl (C=O) groups excluding carboxylic acids is 1. The molecule has 0 fully saturated rings. The zero-order valence-electron chi connectivity index (χ0n) is 9.71. The van der Waals surface area contributed by atoms with Crippen LogP contribution in [0.15, 0.2) is 18.3 Å². The van der Waals surface area contributed by atoms with Crippen LogP contribution < -0.4 is 0 Å². The number of Topliss-reactive ketones (excluding diaryl/α,β-unsaturated/α-hetero) is 1. The van der Waals surface area contributed by atoms with Crippen molar-refractivity contribution in [2.75, 3.05) is 0 Å². The number of hydrogen-bond donors (Lipinski definition) is 0. The SMILES string of the molecule is CCCCCCCC(=O)c1ncccc1Cl. The first-order valence-electron chi connectivity index (χ1n) is 5.89. The van der Waals surface area contributed by atoms with Gasteiger partial charge in [-0.1, -0.05) is 44.2 Å². The average molecular weight is 240 g/mol. The van der Waals surface area contributed by atoms with Crippen molar-refractivity contribution in [3.05, 3.63) is 29.0 Å². The molecule has 0 amide bonds. The van der Waals surface area contributed by atoms with Gasteiger partial charge < -0.3 is 0 Å². The molecule has 88 valence electrons. The molecule has 0 atom stereocenters. The molecule has 0 radical (unpaired) electrons. The third-order valence-corrected chi connectivity index (χ3v) is 2.83. The number of ketones is 1. The first-order chi connectivity index (χ1) is 7.75. The average Bonchev–Trinajstić information content (AvgIpc) is 2.29. The summed E-state index contributed by atoms with van der Waals surface area (Å²) < 4.78 is 0. The molecule has 0 aliphatic heterocycles. The van der Waals surface area contributed by atoms with Gasteiger partial charge in [0.2, 0.25) is 0 Å². The van der Waals surface area contributed by atoms with Crippen molar-refractivity contribution in [3.63, 3.8) is 0 Å². The molecule has 0 spiro atoms. The van der Waals surface area contributed by atoms with E-state index in [1.54, 1.807) is 18.3 Å². The molecule has 0 unspecified atom stereocenters. The number of pyridine rings is 1. The van der Waals surface area contributed by atoms with Gasteiger partial charge in [-0.25, -0.2) is 0 Å². The molecule has 16 heavy (non-hydrogen) atoms. The standard InChI is InChI=1S/C13H18ClNO/c1-2-3-4-5-6-9-12(16)13-11(14)8-7-10-15-13/h7-8,10H,2-6,9H2,1H3. The highest BCUT2D eigenvalue weighted by Crippen LogP contribution is 2.15. The van der Waals surface area contributed by atoms with E-state index in [-0.39, 0.29) is 5.78 Å². The number of halogens is 1. The van der Waals surface area contributed by atoms with E-state index in [1.807, 2.05) is 0 Å². The van der Waals surface area contributed by atoms with Crippen LogP contribution in [0, 0.1) is 0 Å². The lowest BCUT2D eigenvalue weighted by Gasteiger charge is -2.02. The van der Waals surface area contributed by atoms with Crippen LogP contribution in [0.25, 0.3) is 0 Å². The molecule has 0 saturated heterocycles. The van der Waals surface area contributed by atoms with Crippen molar-refractivity contribution in [2.24, 2.45) is 0 Å². The van der Waals surface area contributed by atoms with Crippen LogP contribution >= 0.6 is 11.6 Å². The van der Waals surface area contributed by atoms with Crippen molar-refractivity contribution in [1.82, 2.24) is 4.98 Å². The van der Waals surface area contributed by atoms with E-state index < -0.39 is 0 Å². The van der Waals surface area contributed by atoms with Crippen LogP contribution in [0.3, 0.4) is 0 Å². The second kappa shape index (κ2) is 7.39. The van der Waals surface area contributed by atoms with Crippen LogP contribution in [0.4, 0.5) is 0 Å². The van der Waals surface area contributed by atoms with Crippen LogP contribution in [-0.4, -0.2) is 10.8 Å². The van der Waals surface area contributed by atoms with Gasteiger partial charge in [0.1, 0.15) is 5.69 Å². The number of nitrogens with zero attached hydrogens (tertiary/aromatic N) is 1. The fourth-order valence-corrected chi connectivity index (χ4v) is 1.83. The Labute approximate surface area is 102 Å². The zero-order chi connectivity index (χ0) is 11.8. The molecule has 2 nitrogen and oxygen atoms in total. The summed E-state index contributed by atoms with van der Waals surface area (Å²) >= 11 is 5.90. The molecule has 1 heterocycles. The van der Waals surface area contributed by atoms with Gasteiger partial charge in [0.25, 0.3) is 0 Å². The van der Waals surface area contributed by atoms with Crippen molar-refractivity contribution < 1.29 is 4.79 Å². The Kier molecular flexibility index (Phi) is 6.09. The lowest BCUT2D eigenvalue weighted by molar-refractivity contribution is 0.0974. The fraction of sp³-hybridized carbons (Fsp3) is 0.538. The Hall–Kier alpha value is -0.890. The molecule has 1 aromatic heterocycles. The molecule has 0 saturated carbocycles. The third-order valence-electron chi connectivity index (χ3n) is 2.53. The first-order valence-corrected chi connectivity index (χ1v) is 6.27. The molecule has 3 heteroatoms. The third kappa shape index (κ3) is 4.31. The zero-order valence-corrected chi connectivity index (χ0v) is 10.5. The monoisotopic (exact) mass is 239 g/mol. The van der Waals surface area contributed by atoms with Gasteiger partial charge in [-0.2, -0.15) is 0 Å². The lowest BCUT2D eigenvalue weighted by Crippen LogP contribution is -2.02. The quantitative estimate of drug-likeness (QED) is 0.525. The van der Waals surface area contributed by atoms with Gasteiger partial charge in [-0.3, -0.25) is 9.78 Å². The number of rotatable bonds is 7. The second-order valence-electron chi connectivity index (χ2n) is 3.92. The summed E-state index contributed by atoms with van der Waals surface area (Å²) in [6, 6.07) is 3.44. The summed E-state index contributed by atoms with van der Waals surface area (Å²) in [7, 11) is 0. The summed E-state index contributed by atoms with van der Waals surface area (Å²) in [4.78, 5) is 15.8. The summed E-state index contributed by atoms with van der Waals surface area (Å²) in [5.41, 5.74) is 0.416. The Morgan fingerprint density at radius 3 is 2.75 bits per heavy atom. The minimum absolute atomic E-state index is 0.0575. The number of carbonyl (C=O) groups is 1. The van der Waals surface area contributed by atoms with E-state index >= 15 is 0 Å².